The van der Waals surface area contributed by atoms with E-state index in [2.05, 4.69) is 33.2 Å². The van der Waals surface area contributed by atoms with Gasteiger partial charge in [0.2, 0.25) is 0 Å². The molecule has 1 aromatic heterocycles. The van der Waals surface area contributed by atoms with E-state index in [1.165, 1.54) is 41.9 Å². The minimum atomic E-state index is 1.15. The average Bonchev–Trinajstić information content (AvgIpc) is 2.90. The maximum absolute atomic E-state index is 4.58. The standard InChI is InChI=1S/C13H15N2S2/c1-3-7-11(8-4-1)12-14-17-13(16-12)15-9-5-2-6-10-15/h1,3-4,7-8H,2,5-6,9-10H2/q+1. The summed E-state index contributed by atoms with van der Waals surface area (Å²) in [6, 6.07) is 10.5. The molecule has 17 heavy (non-hydrogen) atoms. The predicted molar refractivity (Wildman–Crippen MR) is 74.3 cm³/mol. The van der Waals surface area contributed by atoms with Crippen molar-refractivity contribution in [1.29, 1.82) is 0 Å². The second kappa shape index (κ2) is 5.10. The van der Waals surface area contributed by atoms with Crippen molar-refractivity contribution in [3.05, 3.63) is 34.3 Å². The highest BCUT2D eigenvalue weighted by molar-refractivity contribution is 7.25. The molecule has 0 N–H and O–H groups in total. The predicted octanol–water partition coefficient (Wildman–Crippen LogP) is 2.83. The van der Waals surface area contributed by atoms with Crippen LogP contribution in [0.4, 0.5) is 0 Å². The van der Waals surface area contributed by atoms with Crippen molar-refractivity contribution in [2.24, 2.45) is 0 Å². The van der Waals surface area contributed by atoms with Crippen LogP contribution in [0.3, 0.4) is 0 Å². The first kappa shape index (κ1) is 11.1. The van der Waals surface area contributed by atoms with Crippen molar-refractivity contribution in [3.63, 3.8) is 0 Å². The summed E-state index contributed by atoms with van der Waals surface area (Å²) in [7, 11) is 0. The summed E-state index contributed by atoms with van der Waals surface area (Å²) in [5.74, 6) is 0. The van der Waals surface area contributed by atoms with Crippen LogP contribution in [0.15, 0.2) is 30.3 Å². The Morgan fingerprint density at radius 3 is 2.53 bits per heavy atom. The topological polar surface area (TPSA) is 15.9 Å². The van der Waals surface area contributed by atoms with Crippen molar-refractivity contribution in [2.75, 3.05) is 13.1 Å². The zero-order chi connectivity index (χ0) is 11.5. The smallest absolute Gasteiger partial charge is 0.211 e. The van der Waals surface area contributed by atoms with Crippen LogP contribution in [0.5, 0.6) is 0 Å². The summed E-state index contributed by atoms with van der Waals surface area (Å²) in [5, 5.41) is 1.15. The fraction of sp³-hybridized carbons (Fsp3) is 0.385. The molecule has 0 unspecified atom stereocenters. The Morgan fingerprint density at radius 1 is 1.00 bits per heavy atom. The molecule has 2 heterocycles. The molecule has 0 saturated carbocycles. The molecule has 88 valence electrons. The lowest BCUT2D eigenvalue weighted by molar-refractivity contribution is 0.459. The Hall–Kier alpha value is -1.00. The quantitative estimate of drug-likeness (QED) is 0.723. The third-order valence-electron chi connectivity index (χ3n) is 3.03. The summed E-state index contributed by atoms with van der Waals surface area (Å²) in [6.45, 7) is 2.40. The summed E-state index contributed by atoms with van der Waals surface area (Å²) in [5.41, 5.74) is 1.23. The lowest BCUT2D eigenvalue weighted by atomic mass is 10.2. The number of benzene rings is 1. The van der Waals surface area contributed by atoms with Crippen LogP contribution in [-0.4, -0.2) is 17.5 Å². The molecule has 2 aromatic rings. The van der Waals surface area contributed by atoms with Crippen LogP contribution in [0, 0.1) is 0 Å². The largest absolute Gasteiger partial charge is 0.333 e. The minimum Gasteiger partial charge on any atom is -0.211 e. The molecule has 3 rings (SSSR count). The maximum Gasteiger partial charge on any atom is 0.333 e. The van der Waals surface area contributed by atoms with Crippen LogP contribution >= 0.6 is 22.9 Å². The highest BCUT2D eigenvalue weighted by Gasteiger charge is 2.14. The van der Waals surface area contributed by atoms with Gasteiger partial charge in [-0.05, 0) is 17.8 Å². The van der Waals surface area contributed by atoms with Gasteiger partial charge in [0.25, 0.3) is 0 Å². The first-order valence-corrected chi connectivity index (χ1v) is 7.63. The van der Waals surface area contributed by atoms with E-state index in [9.17, 15) is 0 Å². The summed E-state index contributed by atoms with van der Waals surface area (Å²) < 4.78 is 8.43. The van der Waals surface area contributed by atoms with Crippen LogP contribution in [0.1, 0.15) is 19.3 Å². The third kappa shape index (κ3) is 2.48. The molecule has 0 radical (unpaired) electrons. The molecule has 2 nitrogen and oxygen atoms in total. The molecule has 1 aliphatic heterocycles. The second-order valence-corrected chi connectivity index (χ2v) is 6.26. The first-order valence-electron chi connectivity index (χ1n) is 6.04. The lowest BCUT2D eigenvalue weighted by Crippen LogP contribution is -2.31. The monoisotopic (exact) mass is 263 g/mol. The van der Waals surface area contributed by atoms with Gasteiger partial charge in [0.05, 0.1) is 0 Å². The summed E-state index contributed by atoms with van der Waals surface area (Å²) in [4.78, 5) is 0. The Labute approximate surface area is 109 Å². The van der Waals surface area contributed by atoms with Gasteiger partial charge in [0.15, 0.2) is 0 Å². The van der Waals surface area contributed by atoms with Gasteiger partial charge in [0, 0.05) is 29.9 Å². The molecule has 0 amide bonds. The SMILES string of the molecule is c1ccc(-c2nsc(=[N+]3CCCCC3)s2)cc1. The van der Waals surface area contributed by atoms with Crippen molar-refractivity contribution >= 4 is 22.9 Å². The van der Waals surface area contributed by atoms with E-state index < -0.39 is 0 Å². The van der Waals surface area contributed by atoms with Crippen molar-refractivity contribution in [3.8, 4) is 10.6 Å². The van der Waals surface area contributed by atoms with Crippen molar-refractivity contribution < 1.29 is 0 Å². The van der Waals surface area contributed by atoms with Crippen LogP contribution < -0.4 is 8.56 Å². The zero-order valence-corrected chi connectivity index (χ0v) is 11.3. The molecular weight excluding hydrogens is 248 g/mol. The van der Waals surface area contributed by atoms with E-state index in [0.29, 0.717) is 0 Å². The van der Waals surface area contributed by atoms with E-state index in [1.54, 1.807) is 11.5 Å². The molecule has 4 heteroatoms. The van der Waals surface area contributed by atoms with E-state index >= 15 is 0 Å². The highest BCUT2D eigenvalue weighted by Crippen LogP contribution is 2.19. The van der Waals surface area contributed by atoms with Crippen LogP contribution in [0.25, 0.3) is 10.6 Å². The maximum atomic E-state index is 4.58. The van der Waals surface area contributed by atoms with E-state index in [-0.39, 0.29) is 0 Å². The molecule has 1 saturated heterocycles. The highest BCUT2D eigenvalue weighted by atomic mass is 32.2. The van der Waals surface area contributed by atoms with Crippen LogP contribution in [0.2, 0.25) is 0 Å². The third-order valence-corrected chi connectivity index (χ3v) is 5.26. The fourth-order valence-corrected chi connectivity index (χ4v) is 4.15. The molecule has 0 atom stereocenters. The second-order valence-electron chi connectivity index (χ2n) is 4.27. The Kier molecular flexibility index (Phi) is 3.34. The van der Waals surface area contributed by atoms with E-state index in [0.717, 1.165) is 5.01 Å². The summed E-state index contributed by atoms with van der Waals surface area (Å²) >= 11 is 3.47. The number of hydrogen-bond acceptors (Lipinski definition) is 3. The van der Waals surface area contributed by atoms with Gasteiger partial charge in [-0.3, -0.25) is 0 Å². The normalized spacial score (nSPS) is 16.1. The van der Waals surface area contributed by atoms with Gasteiger partial charge in [-0.1, -0.05) is 30.3 Å². The van der Waals surface area contributed by atoms with Crippen molar-refractivity contribution in [2.45, 2.75) is 19.3 Å². The molecular formula is C13H15N2S2+. The van der Waals surface area contributed by atoms with Gasteiger partial charge < -0.3 is 0 Å². The van der Waals surface area contributed by atoms with Gasteiger partial charge in [-0.2, -0.15) is 4.37 Å². The molecule has 0 aliphatic carbocycles. The number of piperidine rings is 1. The molecule has 1 aliphatic rings. The summed E-state index contributed by atoms with van der Waals surface area (Å²) in [6.07, 6.45) is 4.03. The first-order chi connectivity index (χ1) is 8.43. The zero-order valence-electron chi connectivity index (χ0n) is 9.63. The molecule has 1 aromatic carbocycles. The Balaban J connectivity index is 1.98. The fourth-order valence-electron chi connectivity index (χ4n) is 2.09. The number of aromatic nitrogens is 1. The Bertz CT molecular complexity index is 546. The number of nitrogens with zero attached hydrogens (tertiary/aromatic N) is 2. The average molecular weight is 263 g/mol. The van der Waals surface area contributed by atoms with Gasteiger partial charge in [-0.15, -0.1) is 0 Å². The number of rotatable bonds is 1. The van der Waals surface area contributed by atoms with Gasteiger partial charge >= 0.3 is 3.98 Å². The number of hydrogen-bond donors (Lipinski definition) is 0. The minimum absolute atomic E-state index is 1.15. The Morgan fingerprint density at radius 2 is 1.76 bits per heavy atom. The van der Waals surface area contributed by atoms with Crippen LogP contribution in [-0.2, 0) is 0 Å². The molecule has 0 spiro atoms. The van der Waals surface area contributed by atoms with Gasteiger partial charge in [-0.25, -0.2) is 4.58 Å². The van der Waals surface area contributed by atoms with Crippen molar-refractivity contribution in [1.82, 2.24) is 8.95 Å². The molecule has 1 fully saturated rings. The lowest BCUT2D eigenvalue weighted by Gasteiger charge is -2.06. The molecule has 0 bridgehead atoms. The van der Waals surface area contributed by atoms with Gasteiger partial charge in [0.1, 0.15) is 18.1 Å². The van der Waals surface area contributed by atoms with E-state index in [1.807, 2.05) is 17.4 Å². The van der Waals surface area contributed by atoms with E-state index in [4.69, 9.17) is 0 Å².